The van der Waals surface area contributed by atoms with E-state index in [2.05, 4.69) is 39.3 Å². The fraction of sp³-hybridized carbons (Fsp3) is 0.409. The van der Waals surface area contributed by atoms with Gasteiger partial charge in [0.1, 0.15) is 5.52 Å². The van der Waals surface area contributed by atoms with Crippen molar-refractivity contribution >= 4 is 46.0 Å². The second-order valence-electron chi connectivity index (χ2n) is 8.25. The van der Waals surface area contributed by atoms with Crippen LogP contribution >= 0.6 is 23.2 Å². The lowest BCUT2D eigenvalue weighted by atomic mass is 10.1. The molecule has 1 atom stereocenters. The molecule has 2 aromatic heterocycles. The lowest BCUT2D eigenvalue weighted by molar-refractivity contribution is 0.180. The molecular formula is C22H25Cl2N7. The van der Waals surface area contributed by atoms with Gasteiger partial charge in [0.25, 0.3) is 0 Å². The molecule has 3 aromatic rings. The van der Waals surface area contributed by atoms with E-state index in [0.29, 0.717) is 21.9 Å². The fourth-order valence-electron chi connectivity index (χ4n) is 4.23. The number of benzene rings is 1. The molecule has 0 amide bonds. The van der Waals surface area contributed by atoms with E-state index in [-0.39, 0.29) is 6.04 Å². The summed E-state index contributed by atoms with van der Waals surface area (Å²) in [5, 5.41) is 9.31. The minimum absolute atomic E-state index is 0.0676. The minimum Gasteiger partial charge on any atom is -0.361 e. The molecule has 31 heavy (non-hydrogen) atoms. The van der Waals surface area contributed by atoms with Gasteiger partial charge in [-0.25, -0.2) is 4.98 Å². The first-order chi connectivity index (χ1) is 15.0. The van der Waals surface area contributed by atoms with Crippen LogP contribution in [0.4, 0.5) is 11.8 Å². The van der Waals surface area contributed by atoms with Crippen LogP contribution in [0.1, 0.15) is 24.9 Å². The molecule has 1 saturated heterocycles. The summed E-state index contributed by atoms with van der Waals surface area (Å²) < 4.78 is 1.77. The summed E-state index contributed by atoms with van der Waals surface area (Å²) in [7, 11) is 1.90. The molecule has 2 aliphatic rings. The van der Waals surface area contributed by atoms with Crippen LogP contribution in [0.2, 0.25) is 10.0 Å². The molecule has 1 aromatic carbocycles. The molecule has 4 heterocycles. The minimum atomic E-state index is -0.0676. The largest absolute Gasteiger partial charge is 0.361 e. The lowest BCUT2D eigenvalue weighted by Gasteiger charge is -2.45. The molecule has 0 aliphatic carbocycles. The van der Waals surface area contributed by atoms with Crippen LogP contribution in [0.25, 0.3) is 11.0 Å². The first kappa shape index (κ1) is 20.5. The smallest absolute Gasteiger partial charge is 0.228 e. The highest BCUT2D eigenvalue weighted by atomic mass is 35.5. The van der Waals surface area contributed by atoms with Gasteiger partial charge in [0.15, 0.2) is 11.3 Å². The summed E-state index contributed by atoms with van der Waals surface area (Å²) in [6.07, 6.45) is 7.58. The molecule has 2 aliphatic heterocycles. The Kier molecular flexibility index (Phi) is 5.50. The summed E-state index contributed by atoms with van der Waals surface area (Å²) in [6, 6.07) is 6.03. The normalized spacial score (nSPS) is 18.4. The van der Waals surface area contributed by atoms with E-state index in [1.165, 1.54) is 0 Å². The molecule has 0 saturated carbocycles. The summed E-state index contributed by atoms with van der Waals surface area (Å²) in [6.45, 7) is 6.10. The van der Waals surface area contributed by atoms with Crippen LogP contribution in [0.5, 0.6) is 0 Å². The second-order valence-corrected chi connectivity index (χ2v) is 9.10. The number of aromatic nitrogens is 4. The Balaban J connectivity index is 1.39. The summed E-state index contributed by atoms with van der Waals surface area (Å²) in [4.78, 5) is 14.4. The number of nitrogens with one attached hydrogen (secondary N) is 1. The van der Waals surface area contributed by atoms with Gasteiger partial charge in [0.05, 0.1) is 12.2 Å². The van der Waals surface area contributed by atoms with Gasteiger partial charge in [-0.2, -0.15) is 10.1 Å². The number of halogens is 2. The van der Waals surface area contributed by atoms with Crippen LogP contribution in [0.3, 0.4) is 0 Å². The van der Waals surface area contributed by atoms with Crippen LogP contribution < -0.4 is 10.2 Å². The van der Waals surface area contributed by atoms with Crippen LogP contribution in [-0.2, 0) is 7.05 Å². The number of nitrogens with zero attached hydrogens (tertiary/aromatic N) is 6. The van der Waals surface area contributed by atoms with Crippen molar-refractivity contribution in [1.82, 2.24) is 24.6 Å². The first-order valence-corrected chi connectivity index (χ1v) is 11.3. The van der Waals surface area contributed by atoms with Gasteiger partial charge in [-0.15, -0.1) is 0 Å². The Bertz CT molecular complexity index is 1140. The van der Waals surface area contributed by atoms with E-state index in [0.717, 1.165) is 55.1 Å². The number of anilines is 2. The van der Waals surface area contributed by atoms with Gasteiger partial charge in [-0.3, -0.25) is 9.58 Å². The Hall–Kier alpha value is -2.35. The summed E-state index contributed by atoms with van der Waals surface area (Å²) in [5.41, 5.74) is 2.53. The Morgan fingerprint density at radius 1 is 1.16 bits per heavy atom. The number of hydrogen-bond donors (Lipinski definition) is 1. The van der Waals surface area contributed by atoms with Crippen LogP contribution in [0.15, 0.2) is 36.5 Å². The molecule has 0 bridgehead atoms. The standard InChI is InChI=1S/C22H25Cl2N7/c1-14(17-7-6-15(23)10-18(17)24)25-21-20-19(13-29(2)28-20)26-22(27-21)31-11-16(12-31)30-8-4-3-5-9-30/h3-4,6-7,10,13-14,16H,5,8-9,11-12H2,1-2H3,(H,25,26,27). The zero-order chi connectivity index (χ0) is 21.5. The third kappa shape index (κ3) is 4.10. The molecule has 9 heteroatoms. The Labute approximate surface area is 191 Å². The first-order valence-electron chi connectivity index (χ1n) is 10.5. The molecule has 0 radical (unpaired) electrons. The van der Waals surface area contributed by atoms with Crippen molar-refractivity contribution in [3.8, 4) is 0 Å². The highest BCUT2D eigenvalue weighted by Gasteiger charge is 2.34. The van der Waals surface area contributed by atoms with Crippen molar-refractivity contribution in [2.45, 2.75) is 25.4 Å². The number of fused-ring (bicyclic) bond motifs is 1. The predicted octanol–water partition coefficient (Wildman–Crippen LogP) is 4.29. The van der Waals surface area contributed by atoms with Crippen molar-refractivity contribution in [2.75, 3.05) is 36.4 Å². The third-order valence-electron chi connectivity index (χ3n) is 6.00. The maximum atomic E-state index is 6.42. The quantitative estimate of drug-likeness (QED) is 0.576. The molecule has 1 fully saturated rings. The van der Waals surface area contributed by atoms with E-state index in [1.807, 2.05) is 25.4 Å². The lowest BCUT2D eigenvalue weighted by Crippen LogP contribution is -2.60. The van der Waals surface area contributed by atoms with Gasteiger partial charge >= 0.3 is 0 Å². The summed E-state index contributed by atoms with van der Waals surface area (Å²) >= 11 is 12.5. The highest BCUT2D eigenvalue weighted by Crippen LogP contribution is 2.31. The Morgan fingerprint density at radius 3 is 2.74 bits per heavy atom. The van der Waals surface area contributed by atoms with Crippen LogP contribution in [0, 0.1) is 0 Å². The molecule has 5 rings (SSSR count). The van der Waals surface area contributed by atoms with Crippen molar-refractivity contribution in [1.29, 1.82) is 0 Å². The van der Waals surface area contributed by atoms with E-state index in [9.17, 15) is 0 Å². The van der Waals surface area contributed by atoms with E-state index in [1.54, 1.807) is 10.7 Å². The van der Waals surface area contributed by atoms with Crippen molar-refractivity contribution in [3.05, 3.63) is 52.2 Å². The van der Waals surface area contributed by atoms with Crippen molar-refractivity contribution < 1.29 is 0 Å². The molecule has 1 N–H and O–H groups in total. The maximum absolute atomic E-state index is 6.42. The number of aryl methyl sites for hydroxylation is 1. The zero-order valence-corrected chi connectivity index (χ0v) is 19.1. The third-order valence-corrected chi connectivity index (χ3v) is 6.56. The average molecular weight is 458 g/mol. The second kappa shape index (κ2) is 8.30. The SMILES string of the molecule is CC(Nc1nc(N2CC(N3CC=CCC3)C2)nc2cn(C)nc12)c1ccc(Cl)cc1Cl. The van der Waals surface area contributed by atoms with Gasteiger partial charge in [-0.1, -0.05) is 41.4 Å². The molecule has 0 spiro atoms. The topological polar surface area (TPSA) is 62.1 Å². The zero-order valence-electron chi connectivity index (χ0n) is 17.6. The molecular weight excluding hydrogens is 433 g/mol. The average Bonchev–Trinajstić information content (AvgIpc) is 3.08. The Morgan fingerprint density at radius 2 is 2.00 bits per heavy atom. The van der Waals surface area contributed by atoms with Crippen molar-refractivity contribution in [2.24, 2.45) is 7.05 Å². The van der Waals surface area contributed by atoms with Gasteiger partial charge < -0.3 is 10.2 Å². The summed E-state index contributed by atoms with van der Waals surface area (Å²) in [5.74, 6) is 1.45. The van der Waals surface area contributed by atoms with Gasteiger partial charge in [0.2, 0.25) is 5.95 Å². The van der Waals surface area contributed by atoms with E-state index >= 15 is 0 Å². The van der Waals surface area contributed by atoms with Crippen molar-refractivity contribution in [3.63, 3.8) is 0 Å². The fourth-order valence-corrected chi connectivity index (χ4v) is 4.80. The van der Waals surface area contributed by atoms with Gasteiger partial charge in [-0.05, 0) is 31.0 Å². The maximum Gasteiger partial charge on any atom is 0.228 e. The molecule has 7 nitrogen and oxygen atoms in total. The van der Waals surface area contributed by atoms with E-state index < -0.39 is 0 Å². The van der Waals surface area contributed by atoms with Crippen LogP contribution in [-0.4, -0.2) is 56.9 Å². The predicted molar refractivity (Wildman–Crippen MR) is 126 cm³/mol. The molecule has 1 unspecified atom stereocenters. The number of rotatable bonds is 5. The van der Waals surface area contributed by atoms with E-state index in [4.69, 9.17) is 33.2 Å². The molecule has 162 valence electrons. The monoisotopic (exact) mass is 457 g/mol. The highest BCUT2D eigenvalue weighted by molar-refractivity contribution is 6.35. The van der Waals surface area contributed by atoms with Gasteiger partial charge in [0, 0.05) is 49.3 Å². The number of hydrogen-bond acceptors (Lipinski definition) is 6.